The highest BCUT2D eigenvalue weighted by molar-refractivity contribution is 7.94. The molecule has 0 aliphatic carbocycles. The van der Waals surface area contributed by atoms with Crippen molar-refractivity contribution in [3.05, 3.63) is 53.6 Å². The van der Waals surface area contributed by atoms with Crippen LogP contribution < -0.4 is 13.8 Å². The van der Waals surface area contributed by atoms with Gasteiger partial charge in [0.05, 0.1) is 18.0 Å². The van der Waals surface area contributed by atoms with Crippen molar-refractivity contribution in [2.45, 2.75) is 31.7 Å². The molecule has 0 atom stereocenters. The minimum absolute atomic E-state index is 0.0211. The summed E-state index contributed by atoms with van der Waals surface area (Å²) in [5.74, 6) is -0.810. The molecule has 1 heterocycles. The van der Waals surface area contributed by atoms with Gasteiger partial charge in [0.25, 0.3) is 0 Å². The van der Waals surface area contributed by atoms with E-state index in [4.69, 9.17) is 4.74 Å². The molecule has 1 amide bonds. The molecular formula is C19H22N2O6S2. The van der Waals surface area contributed by atoms with Crippen LogP contribution in [0.3, 0.4) is 0 Å². The second kappa shape index (κ2) is 8.13. The zero-order valence-electron chi connectivity index (χ0n) is 16.1. The van der Waals surface area contributed by atoms with Crippen LogP contribution in [0.5, 0.6) is 5.75 Å². The number of rotatable bonds is 7. The number of carbonyl (C=O) groups is 1. The molecular weight excluding hydrogens is 416 g/mol. The number of ether oxygens (including phenoxy) is 1. The fourth-order valence-corrected chi connectivity index (χ4v) is 5.66. The zero-order valence-corrected chi connectivity index (χ0v) is 17.7. The summed E-state index contributed by atoms with van der Waals surface area (Å²) in [5.41, 5.74) is 1.72. The quantitative estimate of drug-likeness (QED) is 0.707. The summed E-state index contributed by atoms with van der Waals surface area (Å²) in [6, 6.07) is 11.2. The van der Waals surface area contributed by atoms with E-state index in [1.807, 2.05) is 31.2 Å². The number of hydrogen-bond acceptors (Lipinski definition) is 6. The maximum Gasteiger partial charge on any atom is 0.244 e. The Bertz CT molecular complexity index is 1140. The molecule has 156 valence electrons. The number of anilines is 1. The van der Waals surface area contributed by atoms with E-state index in [9.17, 15) is 21.6 Å². The van der Waals surface area contributed by atoms with Crippen LogP contribution in [0.15, 0.2) is 47.4 Å². The standard InChI is InChI=1S/C19H22N2O6S2/c1-3-27-17-9-8-16(21-19(22)10-11-28(21,23)24)12-18(17)29(25,26)20-13-15-7-5-4-6-14(15)2/h4-9,12,20H,3,10-11,13H2,1-2H3. The summed E-state index contributed by atoms with van der Waals surface area (Å²) in [6.07, 6.45) is -0.136. The molecule has 10 heteroatoms. The van der Waals surface area contributed by atoms with E-state index < -0.39 is 26.0 Å². The molecule has 0 unspecified atom stereocenters. The first-order valence-electron chi connectivity index (χ1n) is 9.02. The fraction of sp³-hybridized carbons (Fsp3) is 0.316. The molecule has 1 aliphatic heterocycles. The van der Waals surface area contributed by atoms with Crippen molar-refractivity contribution in [1.29, 1.82) is 0 Å². The smallest absolute Gasteiger partial charge is 0.244 e. The van der Waals surface area contributed by atoms with Crippen molar-refractivity contribution in [1.82, 2.24) is 4.72 Å². The number of nitrogens with zero attached hydrogens (tertiary/aromatic N) is 1. The van der Waals surface area contributed by atoms with Gasteiger partial charge >= 0.3 is 0 Å². The van der Waals surface area contributed by atoms with Crippen molar-refractivity contribution in [2.75, 3.05) is 16.7 Å². The zero-order chi connectivity index (χ0) is 21.2. The third-order valence-electron chi connectivity index (χ3n) is 4.54. The van der Waals surface area contributed by atoms with Gasteiger partial charge in [-0.3, -0.25) is 4.79 Å². The highest BCUT2D eigenvalue weighted by atomic mass is 32.2. The fourth-order valence-electron chi connectivity index (χ4n) is 3.04. The van der Waals surface area contributed by atoms with Gasteiger partial charge in [0.1, 0.15) is 10.6 Å². The van der Waals surface area contributed by atoms with Gasteiger partial charge in [-0.1, -0.05) is 24.3 Å². The molecule has 0 spiro atoms. The van der Waals surface area contributed by atoms with E-state index in [0.29, 0.717) is 4.31 Å². The molecule has 1 saturated heterocycles. The number of amides is 1. The number of benzene rings is 2. The van der Waals surface area contributed by atoms with Crippen LogP contribution in [0.4, 0.5) is 5.69 Å². The van der Waals surface area contributed by atoms with Gasteiger partial charge in [0, 0.05) is 13.0 Å². The Morgan fingerprint density at radius 1 is 1.17 bits per heavy atom. The van der Waals surface area contributed by atoms with Crippen molar-refractivity contribution in [2.24, 2.45) is 0 Å². The monoisotopic (exact) mass is 438 g/mol. The summed E-state index contributed by atoms with van der Waals surface area (Å²) in [4.78, 5) is 11.8. The van der Waals surface area contributed by atoms with Gasteiger partial charge in [0.2, 0.25) is 26.0 Å². The van der Waals surface area contributed by atoms with Gasteiger partial charge in [-0.25, -0.2) is 25.9 Å². The molecule has 0 radical (unpaired) electrons. The largest absolute Gasteiger partial charge is 0.492 e. The molecule has 29 heavy (non-hydrogen) atoms. The minimum Gasteiger partial charge on any atom is -0.492 e. The van der Waals surface area contributed by atoms with E-state index in [1.165, 1.54) is 12.1 Å². The van der Waals surface area contributed by atoms with Crippen molar-refractivity contribution in [3.63, 3.8) is 0 Å². The molecule has 8 nitrogen and oxygen atoms in total. The summed E-state index contributed by atoms with van der Waals surface area (Å²) >= 11 is 0. The topological polar surface area (TPSA) is 110 Å². The molecule has 2 aromatic rings. The highest BCUT2D eigenvalue weighted by Crippen LogP contribution is 2.32. The molecule has 1 N–H and O–H groups in total. The van der Waals surface area contributed by atoms with E-state index in [2.05, 4.69) is 4.72 Å². The van der Waals surface area contributed by atoms with Crippen molar-refractivity contribution < 1.29 is 26.4 Å². The van der Waals surface area contributed by atoms with Crippen LogP contribution in [0.2, 0.25) is 0 Å². The number of nitrogens with one attached hydrogen (secondary N) is 1. The third-order valence-corrected chi connectivity index (χ3v) is 7.66. The Morgan fingerprint density at radius 2 is 1.90 bits per heavy atom. The first-order chi connectivity index (χ1) is 13.7. The Labute approximate surface area is 170 Å². The van der Waals surface area contributed by atoms with Crippen LogP contribution in [0, 0.1) is 6.92 Å². The molecule has 0 saturated carbocycles. The molecule has 0 bridgehead atoms. The number of carbonyl (C=O) groups excluding carboxylic acids is 1. The maximum absolute atomic E-state index is 13.0. The van der Waals surface area contributed by atoms with Crippen LogP contribution in [-0.4, -0.2) is 35.1 Å². The second-order valence-electron chi connectivity index (χ2n) is 6.54. The predicted molar refractivity (Wildman–Crippen MR) is 109 cm³/mol. The SMILES string of the molecule is CCOc1ccc(N2C(=O)CCS2(=O)=O)cc1S(=O)(=O)NCc1ccccc1C. The summed E-state index contributed by atoms with van der Waals surface area (Å²) in [6.45, 7) is 3.87. The first kappa shape index (κ1) is 21.3. The van der Waals surface area contributed by atoms with Crippen molar-refractivity contribution in [3.8, 4) is 5.75 Å². The highest BCUT2D eigenvalue weighted by Gasteiger charge is 2.37. The van der Waals surface area contributed by atoms with Crippen LogP contribution >= 0.6 is 0 Å². The Kier molecular flexibility index (Phi) is 5.97. The number of aryl methyl sites for hydroxylation is 1. The molecule has 3 rings (SSSR count). The lowest BCUT2D eigenvalue weighted by atomic mass is 10.1. The van der Waals surface area contributed by atoms with Gasteiger partial charge in [-0.2, -0.15) is 0 Å². The third kappa shape index (κ3) is 4.44. The van der Waals surface area contributed by atoms with Crippen LogP contribution in [0.1, 0.15) is 24.5 Å². The molecule has 1 aliphatic rings. The Morgan fingerprint density at radius 3 is 2.52 bits per heavy atom. The summed E-state index contributed by atoms with van der Waals surface area (Å²) in [7, 11) is -7.85. The van der Waals surface area contributed by atoms with E-state index in [0.717, 1.165) is 17.2 Å². The van der Waals surface area contributed by atoms with Crippen LogP contribution in [-0.2, 0) is 31.4 Å². The normalized spacial score (nSPS) is 16.2. The molecule has 2 aromatic carbocycles. The second-order valence-corrected chi connectivity index (χ2v) is 10.2. The van der Waals surface area contributed by atoms with Gasteiger partial charge < -0.3 is 4.74 Å². The lowest BCUT2D eigenvalue weighted by Gasteiger charge is -2.18. The lowest BCUT2D eigenvalue weighted by molar-refractivity contribution is -0.116. The number of hydrogen-bond donors (Lipinski definition) is 1. The van der Waals surface area contributed by atoms with Gasteiger partial charge in [0.15, 0.2) is 0 Å². The molecule has 1 fully saturated rings. The predicted octanol–water partition coefficient (Wildman–Crippen LogP) is 1.94. The van der Waals surface area contributed by atoms with E-state index in [-0.39, 0.29) is 41.7 Å². The van der Waals surface area contributed by atoms with E-state index in [1.54, 1.807) is 6.92 Å². The maximum atomic E-state index is 13.0. The van der Waals surface area contributed by atoms with Gasteiger partial charge in [-0.15, -0.1) is 0 Å². The van der Waals surface area contributed by atoms with E-state index >= 15 is 0 Å². The van der Waals surface area contributed by atoms with Crippen LogP contribution in [0.25, 0.3) is 0 Å². The minimum atomic E-state index is -4.04. The summed E-state index contributed by atoms with van der Waals surface area (Å²) < 4.78 is 59.0. The summed E-state index contributed by atoms with van der Waals surface area (Å²) in [5, 5.41) is 0. The average Bonchev–Trinajstić information content (AvgIpc) is 2.94. The number of sulfonamides is 2. The van der Waals surface area contributed by atoms with Gasteiger partial charge in [-0.05, 0) is 43.2 Å². The Balaban J connectivity index is 1.99. The lowest BCUT2D eigenvalue weighted by Crippen LogP contribution is -2.30. The first-order valence-corrected chi connectivity index (χ1v) is 12.1. The Hall–Kier alpha value is -2.43. The van der Waals surface area contributed by atoms with Crippen molar-refractivity contribution >= 4 is 31.6 Å². The average molecular weight is 439 g/mol. The molecule has 0 aromatic heterocycles.